The van der Waals surface area contributed by atoms with E-state index in [1.54, 1.807) is 6.07 Å². The van der Waals surface area contributed by atoms with E-state index in [0.29, 0.717) is 33.3 Å². The van der Waals surface area contributed by atoms with Crippen LogP contribution < -0.4 is 4.74 Å². The third-order valence-corrected chi connectivity index (χ3v) is 5.08. The van der Waals surface area contributed by atoms with Crippen LogP contribution in [-0.4, -0.2) is 16.1 Å². The Labute approximate surface area is 132 Å². The quantitative estimate of drug-likeness (QED) is 0.540. The van der Waals surface area contributed by atoms with Crippen LogP contribution in [0, 0.1) is 11.6 Å². The summed E-state index contributed by atoms with van der Waals surface area (Å²) in [5.41, 5.74) is 0.766. The minimum Gasteiger partial charge on any atom is -0.498 e. The van der Waals surface area contributed by atoms with Crippen LogP contribution in [-0.2, 0) is 10.8 Å². The predicted molar refractivity (Wildman–Crippen MR) is 84.0 cm³/mol. The summed E-state index contributed by atoms with van der Waals surface area (Å²) in [4.78, 5) is 0. The lowest BCUT2D eigenvalue weighted by Gasteiger charge is -2.22. The Hall–Kier alpha value is -1.62. The van der Waals surface area contributed by atoms with Crippen LogP contribution in [0.3, 0.4) is 0 Å². The van der Waals surface area contributed by atoms with Gasteiger partial charge in [0, 0.05) is 6.42 Å². The second-order valence-corrected chi connectivity index (χ2v) is 6.76. The fourth-order valence-electron chi connectivity index (χ4n) is 2.31. The van der Waals surface area contributed by atoms with E-state index in [2.05, 4.69) is 19.6 Å². The van der Waals surface area contributed by atoms with Gasteiger partial charge in [-0.3, -0.25) is 0 Å². The first kappa shape index (κ1) is 16.7. The zero-order valence-corrected chi connectivity index (χ0v) is 13.7. The molecule has 5 heteroatoms. The molecular formula is C17H20F2O2Si. The van der Waals surface area contributed by atoms with Gasteiger partial charge in [0.15, 0.2) is 11.6 Å². The molecule has 1 aromatic rings. The van der Waals surface area contributed by atoms with Gasteiger partial charge in [-0.15, -0.1) is 0 Å². The lowest BCUT2D eigenvalue weighted by Crippen LogP contribution is -2.17. The van der Waals surface area contributed by atoms with Crippen LogP contribution in [0.2, 0.25) is 5.54 Å². The van der Waals surface area contributed by atoms with Crippen molar-refractivity contribution in [1.29, 1.82) is 0 Å². The van der Waals surface area contributed by atoms with Gasteiger partial charge in [-0.1, -0.05) is 19.6 Å². The van der Waals surface area contributed by atoms with Crippen LogP contribution in [0.5, 0.6) is 5.75 Å². The van der Waals surface area contributed by atoms with E-state index in [1.807, 2.05) is 0 Å². The van der Waals surface area contributed by atoms with Crippen LogP contribution in [0.25, 0.3) is 0 Å². The van der Waals surface area contributed by atoms with Crippen LogP contribution >= 0.6 is 0 Å². The highest BCUT2D eigenvalue weighted by Crippen LogP contribution is 2.26. The lowest BCUT2D eigenvalue weighted by atomic mass is 10.2. The van der Waals surface area contributed by atoms with Gasteiger partial charge in [0.1, 0.15) is 0 Å². The third-order valence-electron chi connectivity index (χ3n) is 3.51. The molecule has 2 nitrogen and oxygen atoms in total. The maximum absolute atomic E-state index is 14.0. The number of rotatable bonds is 7. The van der Waals surface area contributed by atoms with Crippen LogP contribution in [0.15, 0.2) is 36.8 Å². The molecule has 0 spiro atoms. The maximum atomic E-state index is 14.0. The summed E-state index contributed by atoms with van der Waals surface area (Å²) >= 11 is 0. The molecule has 1 unspecified atom stereocenters. The summed E-state index contributed by atoms with van der Waals surface area (Å²) in [6, 6.07) is 3.53. The molecule has 0 amide bonds. The van der Waals surface area contributed by atoms with E-state index < -0.39 is 11.6 Å². The van der Waals surface area contributed by atoms with Crippen molar-refractivity contribution in [2.75, 3.05) is 6.61 Å². The molecule has 22 heavy (non-hydrogen) atoms. The summed E-state index contributed by atoms with van der Waals surface area (Å²) in [5.74, 6) is -0.850. The second-order valence-electron chi connectivity index (χ2n) is 5.18. The highest BCUT2D eigenvalue weighted by atomic mass is 28.2. The number of halogens is 2. The SMILES string of the molecule is C=COc1ccc(C[Si]C2CC=C(CCC)OC2)c(F)c1F. The molecule has 1 aliphatic rings. The number of hydrogen-bond donors (Lipinski definition) is 0. The Morgan fingerprint density at radius 1 is 1.41 bits per heavy atom. The Kier molecular flexibility index (Phi) is 6.18. The van der Waals surface area contributed by atoms with Crippen molar-refractivity contribution in [3.05, 3.63) is 54.0 Å². The number of allylic oxidation sites excluding steroid dienone is 2. The second kappa shape index (κ2) is 8.13. The first-order valence-corrected chi connectivity index (χ1v) is 8.73. The maximum Gasteiger partial charge on any atom is 0.201 e. The fraction of sp³-hybridized carbons (Fsp3) is 0.412. The fourth-order valence-corrected chi connectivity index (χ4v) is 3.58. The minimum atomic E-state index is -0.952. The molecule has 0 N–H and O–H groups in total. The molecule has 118 valence electrons. The number of hydrogen-bond acceptors (Lipinski definition) is 2. The third kappa shape index (κ3) is 4.19. The van der Waals surface area contributed by atoms with Gasteiger partial charge in [-0.25, -0.2) is 4.39 Å². The highest BCUT2D eigenvalue weighted by molar-refractivity contribution is 6.37. The van der Waals surface area contributed by atoms with E-state index >= 15 is 0 Å². The van der Waals surface area contributed by atoms with Crippen molar-refractivity contribution < 1.29 is 18.3 Å². The lowest BCUT2D eigenvalue weighted by molar-refractivity contribution is 0.183. The van der Waals surface area contributed by atoms with Crippen molar-refractivity contribution in [3.63, 3.8) is 0 Å². The zero-order valence-electron chi connectivity index (χ0n) is 12.7. The Morgan fingerprint density at radius 3 is 2.86 bits per heavy atom. The van der Waals surface area contributed by atoms with Gasteiger partial charge in [-0.05, 0) is 42.1 Å². The topological polar surface area (TPSA) is 18.5 Å². The molecule has 2 radical (unpaired) electrons. The average Bonchev–Trinajstić information content (AvgIpc) is 2.53. The number of ether oxygens (including phenoxy) is 2. The van der Waals surface area contributed by atoms with E-state index in [0.717, 1.165) is 31.3 Å². The molecule has 0 fully saturated rings. The smallest absolute Gasteiger partial charge is 0.201 e. The molecule has 0 bridgehead atoms. The molecular weight excluding hydrogens is 302 g/mol. The largest absolute Gasteiger partial charge is 0.498 e. The van der Waals surface area contributed by atoms with Crippen molar-refractivity contribution >= 4 is 9.52 Å². The first-order valence-electron chi connectivity index (χ1n) is 7.45. The normalized spacial score (nSPS) is 17.6. The van der Waals surface area contributed by atoms with E-state index in [4.69, 9.17) is 9.47 Å². The van der Waals surface area contributed by atoms with Crippen LogP contribution in [0.4, 0.5) is 8.78 Å². The van der Waals surface area contributed by atoms with Crippen LogP contribution in [0.1, 0.15) is 31.7 Å². The van der Waals surface area contributed by atoms with Gasteiger partial charge in [0.25, 0.3) is 0 Å². The molecule has 1 heterocycles. The van der Waals surface area contributed by atoms with Gasteiger partial charge < -0.3 is 9.47 Å². The monoisotopic (exact) mass is 322 g/mol. The number of benzene rings is 1. The zero-order chi connectivity index (χ0) is 15.9. The van der Waals surface area contributed by atoms with Gasteiger partial charge >= 0.3 is 0 Å². The standard InChI is InChI=1S/C17H20F2O2Si/c1-3-5-13-7-8-14(10-21-13)22-11-12-6-9-15(20-4-2)17(19)16(12)18/h4,6-7,9,14H,2-3,5,8,10-11H2,1H3. The van der Waals surface area contributed by atoms with Crippen molar-refractivity contribution in [2.45, 2.75) is 37.8 Å². The summed E-state index contributed by atoms with van der Waals surface area (Å²) in [5, 5.41) is 0. The van der Waals surface area contributed by atoms with E-state index in [9.17, 15) is 8.78 Å². The Morgan fingerprint density at radius 2 is 2.23 bits per heavy atom. The van der Waals surface area contributed by atoms with Crippen molar-refractivity contribution in [1.82, 2.24) is 0 Å². The Balaban J connectivity index is 1.92. The molecule has 1 atom stereocenters. The summed E-state index contributed by atoms with van der Waals surface area (Å²) in [6.45, 7) is 6.13. The average molecular weight is 322 g/mol. The van der Waals surface area contributed by atoms with Crippen molar-refractivity contribution in [2.24, 2.45) is 0 Å². The Bertz CT molecular complexity index is 558. The van der Waals surface area contributed by atoms with E-state index in [1.165, 1.54) is 6.07 Å². The minimum absolute atomic E-state index is 0.132. The van der Waals surface area contributed by atoms with Gasteiger partial charge in [-0.2, -0.15) is 4.39 Å². The first-order chi connectivity index (χ1) is 10.7. The molecule has 0 saturated heterocycles. The molecule has 1 aromatic carbocycles. The molecule has 0 saturated carbocycles. The molecule has 1 aliphatic heterocycles. The van der Waals surface area contributed by atoms with Gasteiger partial charge in [0.05, 0.1) is 28.1 Å². The highest BCUT2D eigenvalue weighted by Gasteiger charge is 2.19. The predicted octanol–water partition coefficient (Wildman–Crippen LogP) is 4.58. The summed E-state index contributed by atoms with van der Waals surface area (Å²) < 4.78 is 38.3. The van der Waals surface area contributed by atoms with Gasteiger partial charge in [0.2, 0.25) is 5.82 Å². The molecule has 0 aliphatic carbocycles. The summed E-state index contributed by atoms with van der Waals surface area (Å²) in [7, 11) is 0.504. The molecule has 2 rings (SSSR count). The molecule has 0 aromatic heterocycles. The van der Waals surface area contributed by atoms with Crippen molar-refractivity contribution in [3.8, 4) is 5.75 Å². The van der Waals surface area contributed by atoms with E-state index in [-0.39, 0.29) is 5.75 Å². The summed E-state index contributed by atoms with van der Waals surface area (Å²) in [6.07, 6.45) is 6.21.